The van der Waals surface area contributed by atoms with E-state index in [1.54, 1.807) is 0 Å². The Morgan fingerprint density at radius 2 is 2.13 bits per heavy atom. The van der Waals surface area contributed by atoms with E-state index < -0.39 is 0 Å². The lowest BCUT2D eigenvalue weighted by Crippen LogP contribution is -2.34. The van der Waals surface area contributed by atoms with Crippen LogP contribution in [0.4, 0.5) is 5.82 Å². The molecule has 1 fully saturated rings. The standard InChI is InChI=1S/C11H14BrClN2/c1-8-6-11(14-7-10(8)12)15-4-2-9(13)3-5-15/h6-7,9H,2-5H2,1H3. The summed E-state index contributed by atoms with van der Waals surface area (Å²) in [6.07, 6.45) is 3.98. The number of rotatable bonds is 1. The molecule has 15 heavy (non-hydrogen) atoms. The van der Waals surface area contributed by atoms with Gasteiger partial charge in [0.2, 0.25) is 0 Å². The van der Waals surface area contributed by atoms with Gasteiger partial charge in [0, 0.05) is 29.1 Å². The fraction of sp³-hybridized carbons (Fsp3) is 0.545. The maximum atomic E-state index is 6.07. The average molecular weight is 290 g/mol. The molecule has 2 rings (SSSR count). The lowest BCUT2D eigenvalue weighted by molar-refractivity contribution is 0.580. The largest absolute Gasteiger partial charge is 0.357 e. The summed E-state index contributed by atoms with van der Waals surface area (Å²) in [6.45, 7) is 4.12. The maximum absolute atomic E-state index is 6.07. The van der Waals surface area contributed by atoms with Crippen molar-refractivity contribution < 1.29 is 0 Å². The predicted octanol–water partition coefficient (Wildman–Crippen LogP) is 3.36. The molecule has 82 valence electrons. The minimum Gasteiger partial charge on any atom is -0.357 e. The molecule has 0 amide bonds. The van der Waals surface area contributed by atoms with Gasteiger partial charge in [-0.1, -0.05) is 0 Å². The monoisotopic (exact) mass is 288 g/mol. The number of aryl methyl sites for hydroxylation is 1. The predicted molar refractivity (Wildman–Crippen MR) is 67.8 cm³/mol. The molecule has 0 atom stereocenters. The highest BCUT2D eigenvalue weighted by atomic mass is 79.9. The zero-order chi connectivity index (χ0) is 10.8. The normalized spacial score (nSPS) is 18.2. The van der Waals surface area contributed by atoms with Crippen molar-refractivity contribution in [3.8, 4) is 0 Å². The van der Waals surface area contributed by atoms with E-state index >= 15 is 0 Å². The molecule has 0 radical (unpaired) electrons. The fourth-order valence-electron chi connectivity index (χ4n) is 1.77. The van der Waals surface area contributed by atoms with Gasteiger partial charge in [-0.2, -0.15) is 0 Å². The summed E-state index contributed by atoms with van der Waals surface area (Å²) in [4.78, 5) is 6.73. The zero-order valence-electron chi connectivity index (χ0n) is 8.71. The summed E-state index contributed by atoms with van der Waals surface area (Å²) in [5, 5.41) is 0.345. The molecule has 0 spiro atoms. The topological polar surface area (TPSA) is 16.1 Å². The Bertz CT molecular complexity index is 348. The van der Waals surface area contributed by atoms with E-state index in [1.165, 1.54) is 5.56 Å². The molecule has 1 aromatic heterocycles. The first-order valence-corrected chi connectivity index (χ1v) is 6.41. The molecule has 2 nitrogen and oxygen atoms in total. The second-order valence-corrected chi connectivity index (χ2v) is 5.42. The maximum Gasteiger partial charge on any atom is 0.128 e. The number of alkyl halides is 1. The Morgan fingerprint density at radius 3 is 2.73 bits per heavy atom. The van der Waals surface area contributed by atoms with Gasteiger partial charge >= 0.3 is 0 Å². The molecule has 2 heterocycles. The second-order valence-electron chi connectivity index (χ2n) is 3.95. The summed E-state index contributed by atoms with van der Waals surface area (Å²) < 4.78 is 1.07. The second kappa shape index (κ2) is 4.71. The van der Waals surface area contributed by atoms with Crippen LogP contribution in [0.1, 0.15) is 18.4 Å². The Kier molecular flexibility index (Phi) is 3.52. The lowest BCUT2D eigenvalue weighted by atomic mass is 10.1. The molecular weight excluding hydrogens is 275 g/mol. The Hall–Kier alpha value is -0.280. The molecule has 0 N–H and O–H groups in total. The SMILES string of the molecule is Cc1cc(N2CCC(Cl)CC2)ncc1Br. The summed E-state index contributed by atoms with van der Waals surface area (Å²) >= 11 is 9.53. The Labute approximate surface area is 104 Å². The zero-order valence-corrected chi connectivity index (χ0v) is 11.1. The van der Waals surface area contributed by atoms with E-state index in [0.717, 1.165) is 36.2 Å². The fourth-order valence-corrected chi connectivity index (χ4v) is 2.19. The van der Waals surface area contributed by atoms with Gasteiger partial charge in [-0.15, -0.1) is 11.6 Å². The van der Waals surface area contributed by atoms with Crippen LogP contribution in [0.2, 0.25) is 0 Å². The number of piperidine rings is 1. The van der Waals surface area contributed by atoms with E-state index in [9.17, 15) is 0 Å². The van der Waals surface area contributed by atoms with Crippen LogP contribution in [0.5, 0.6) is 0 Å². The lowest BCUT2D eigenvalue weighted by Gasteiger charge is -2.30. The average Bonchev–Trinajstić information content (AvgIpc) is 2.23. The Balaban J connectivity index is 2.12. The molecule has 0 bridgehead atoms. The first-order chi connectivity index (χ1) is 7.16. The van der Waals surface area contributed by atoms with E-state index in [4.69, 9.17) is 11.6 Å². The Morgan fingerprint density at radius 1 is 1.47 bits per heavy atom. The van der Waals surface area contributed by atoms with Crippen LogP contribution >= 0.6 is 27.5 Å². The van der Waals surface area contributed by atoms with Crippen molar-refractivity contribution >= 4 is 33.3 Å². The van der Waals surface area contributed by atoms with Gasteiger partial charge in [0.05, 0.1) is 0 Å². The highest BCUT2D eigenvalue weighted by molar-refractivity contribution is 9.10. The molecule has 1 aromatic rings. The quantitative estimate of drug-likeness (QED) is 0.737. The molecule has 0 unspecified atom stereocenters. The molecular formula is C11H14BrClN2. The van der Waals surface area contributed by atoms with E-state index in [1.807, 2.05) is 6.20 Å². The van der Waals surface area contributed by atoms with Crippen LogP contribution in [0.15, 0.2) is 16.7 Å². The van der Waals surface area contributed by atoms with Crippen molar-refractivity contribution in [3.63, 3.8) is 0 Å². The first-order valence-electron chi connectivity index (χ1n) is 5.18. The van der Waals surface area contributed by atoms with Crippen LogP contribution in [-0.2, 0) is 0 Å². The molecule has 1 aliphatic heterocycles. The molecule has 4 heteroatoms. The van der Waals surface area contributed by atoms with Crippen molar-refractivity contribution in [2.24, 2.45) is 0 Å². The molecule has 0 aliphatic carbocycles. The number of anilines is 1. The third-order valence-electron chi connectivity index (χ3n) is 2.78. The van der Waals surface area contributed by atoms with Gasteiger partial charge in [0.25, 0.3) is 0 Å². The van der Waals surface area contributed by atoms with Crippen LogP contribution in [0.3, 0.4) is 0 Å². The highest BCUT2D eigenvalue weighted by Crippen LogP contribution is 2.24. The highest BCUT2D eigenvalue weighted by Gasteiger charge is 2.18. The van der Waals surface area contributed by atoms with Gasteiger partial charge in [-0.25, -0.2) is 4.98 Å². The van der Waals surface area contributed by atoms with E-state index in [0.29, 0.717) is 5.38 Å². The molecule has 1 saturated heterocycles. The van der Waals surface area contributed by atoms with Gasteiger partial charge in [0.15, 0.2) is 0 Å². The minimum atomic E-state index is 0.345. The third-order valence-corrected chi connectivity index (χ3v) is 4.05. The number of halogens is 2. The smallest absolute Gasteiger partial charge is 0.128 e. The van der Waals surface area contributed by atoms with Crippen molar-refractivity contribution in [2.45, 2.75) is 25.1 Å². The van der Waals surface area contributed by atoms with Crippen molar-refractivity contribution in [1.29, 1.82) is 0 Å². The molecule has 0 saturated carbocycles. The van der Waals surface area contributed by atoms with Crippen molar-refractivity contribution in [2.75, 3.05) is 18.0 Å². The molecule has 0 aromatic carbocycles. The number of pyridine rings is 1. The van der Waals surface area contributed by atoms with Gasteiger partial charge in [-0.3, -0.25) is 0 Å². The van der Waals surface area contributed by atoms with Crippen LogP contribution in [0, 0.1) is 6.92 Å². The van der Waals surface area contributed by atoms with Gasteiger partial charge in [0.1, 0.15) is 5.82 Å². The first kappa shape index (κ1) is 11.2. The number of nitrogens with zero attached hydrogens (tertiary/aromatic N) is 2. The third kappa shape index (κ3) is 2.64. The minimum absolute atomic E-state index is 0.345. The van der Waals surface area contributed by atoms with E-state index in [2.05, 4.69) is 38.8 Å². The molecule has 1 aliphatic rings. The van der Waals surface area contributed by atoms with Gasteiger partial charge in [-0.05, 0) is 47.3 Å². The number of hydrogen-bond donors (Lipinski definition) is 0. The van der Waals surface area contributed by atoms with Gasteiger partial charge < -0.3 is 4.90 Å². The summed E-state index contributed by atoms with van der Waals surface area (Å²) in [7, 11) is 0. The van der Waals surface area contributed by atoms with Crippen molar-refractivity contribution in [1.82, 2.24) is 4.98 Å². The summed E-state index contributed by atoms with van der Waals surface area (Å²) in [5.41, 5.74) is 1.23. The van der Waals surface area contributed by atoms with Crippen LogP contribution < -0.4 is 4.90 Å². The number of hydrogen-bond acceptors (Lipinski definition) is 2. The van der Waals surface area contributed by atoms with Crippen LogP contribution in [0.25, 0.3) is 0 Å². The van der Waals surface area contributed by atoms with E-state index in [-0.39, 0.29) is 0 Å². The van der Waals surface area contributed by atoms with Crippen LogP contribution in [-0.4, -0.2) is 23.5 Å². The summed E-state index contributed by atoms with van der Waals surface area (Å²) in [6, 6.07) is 2.12. The summed E-state index contributed by atoms with van der Waals surface area (Å²) in [5.74, 6) is 1.07. The van der Waals surface area contributed by atoms with Crippen molar-refractivity contribution in [3.05, 3.63) is 22.3 Å². The number of aromatic nitrogens is 1.